The summed E-state index contributed by atoms with van der Waals surface area (Å²) in [5.74, 6) is -0.304. The van der Waals surface area contributed by atoms with Crippen molar-refractivity contribution in [3.8, 4) is 0 Å². The second-order valence-corrected chi connectivity index (χ2v) is 9.47. The van der Waals surface area contributed by atoms with Gasteiger partial charge in [-0.15, -0.1) is 11.8 Å². The minimum atomic E-state index is -0.682. The number of aromatic amines is 1. The molecule has 0 aliphatic heterocycles. The summed E-state index contributed by atoms with van der Waals surface area (Å²) in [6, 6.07) is 16.5. The van der Waals surface area contributed by atoms with Crippen LogP contribution in [-0.2, 0) is 17.9 Å². The summed E-state index contributed by atoms with van der Waals surface area (Å²) in [6.07, 6.45) is 1.56. The molecule has 1 atom stereocenters. The summed E-state index contributed by atoms with van der Waals surface area (Å²) >= 11 is 7.32. The quantitative estimate of drug-likeness (QED) is 0.439. The number of benzene rings is 2. The molecule has 0 spiro atoms. The molecule has 1 heterocycles. The number of H-pyrrole nitrogens is 1. The van der Waals surface area contributed by atoms with Crippen LogP contribution >= 0.6 is 23.4 Å². The minimum absolute atomic E-state index is 0.00910. The van der Waals surface area contributed by atoms with Gasteiger partial charge in [0, 0.05) is 16.5 Å². The zero-order valence-corrected chi connectivity index (χ0v) is 20.2. The number of nitrogens with zero attached hydrogens (tertiary/aromatic N) is 2. The van der Waals surface area contributed by atoms with E-state index in [1.807, 2.05) is 49.4 Å². The Labute approximate surface area is 201 Å². The molecule has 0 saturated carbocycles. The summed E-state index contributed by atoms with van der Waals surface area (Å²) in [4.78, 5) is 43.4. The molecular weight excluding hydrogens is 460 g/mol. The molecule has 0 fully saturated rings. The highest BCUT2D eigenvalue weighted by Gasteiger charge is 2.28. The molecule has 9 heteroatoms. The van der Waals surface area contributed by atoms with Crippen molar-refractivity contribution in [2.45, 2.75) is 49.9 Å². The van der Waals surface area contributed by atoms with Crippen LogP contribution in [0.3, 0.4) is 0 Å². The Morgan fingerprint density at radius 2 is 1.82 bits per heavy atom. The monoisotopic (exact) mass is 486 g/mol. The van der Waals surface area contributed by atoms with Crippen LogP contribution in [0.2, 0.25) is 5.02 Å². The number of nitrogens with two attached hydrogens (primary N) is 1. The maximum Gasteiger partial charge on any atom is 0.330 e. The largest absolute Gasteiger partial charge is 0.383 e. The number of carbonyl (C=O) groups excluding carboxylic acids is 1. The molecule has 1 amide bonds. The molecular formula is C24H27ClN4O3S. The molecule has 174 valence electrons. The molecule has 3 rings (SSSR count). The molecule has 0 aliphatic carbocycles. The third-order valence-electron chi connectivity index (χ3n) is 5.14. The van der Waals surface area contributed by atoms with Gasteiger partial charge >= 0.3 is 5.69 Å². The van der Waals surface area contributed by atoms with Gasteiger partial charge in [0.15, 0.2) is 5.69 Å². The predicted octanol–water partition coefficient (Wildman–Crippen LogP) is 4.29. The SMILES string of the molecule is CCCCn1c(N)c(N(Cc2ccccc2)C(=O)C(C)Sc2ccc(Cl)cc2)c(=O)[nH]c1=O. The number of nitrogen functional groups attached to an aromatic ring is 1. The molecule has 2 aromatic carbocycles. The van der Waals surface area contributed by atoms with E-state index in [2.05, 4.69) is 4.98 Å². The fraction of sp³-hybridized carbons (Fsp3) is 0.292. The van der Waals surface area contributed by atoms with Gasteiger partial charge in [0.2, 0.25) is 5.91 Å². The van der Waals surface area contributed by atoms with Crippen LogP contribution in [0.25, 0.3) is 0 Å². The van der Waals surface area contributed by atoms with Gasteiger partial charge in [0.05, 0.1) is 11.8 Å². The number of halogens is 1. The number of amides is 1. The average molecular weight is 487 g/mol. The van der Waals surface area contributed by atoms with Crippen LogP contribution in [0.1, 0.15) is 32.3 Å². The molecule has 33 heavy (non-hydrogen) atoms. The molecule has 0 bridgehead atoms. The summed E-state index contributed by atoms with van der Waals surface area (Å²) in [5, 5.41) is 0.0855. The number of unbranched alkanes of at least 4 members (excludes halogenated alkanes) is 1. The Morgan fingerprint density at radius 1 is 1.15 bits per heavy atom. The van der Waals surface area contributed by atoms with Gasteiger partial charge in [0.1, 0.15) is 5.82 Å². The van der Waals surface area contributed by atoms with E-state index in [1.165, 1.54) is 21.2 Å². The minimum Gasteiger partial charge on any atom is -0.383 e. The normalized spacial score (nSPS) is 11.8. The molecule has 3 N–H and O–H groups in total. The van der Waals surface area contributed by atoms with Gasteiger partial charge in [-0.1, -0.05) is 55.3 Å². The lowest BCUT2D eigenvalue weighted by Crippen LogP contribution is -2.43. The van der Waals surface area contributed by atoms with E-state index in [-0.39, 0.29) is 24.0 Å². The highest BCUT2D eigenvalue weighted by atomic mass is 35.5. The molecule has 0 saturated heterocycles. The molecule has 0 radical (unpaired) electrons. The number of hydrogen-bond acceptors (Lipinski definition) is 5. The first-order valence-corrected chi connectivity index (χ1v) is 12.0. The van der Waals surface area contributed by atoms with E-state index in [4.69, 9.17) is 17.3 Å². The van der Waals surface area contributed by atoms with Crippen molar-refractivity contribution in [2.24, 2.45) is 0 Å². The van der Waals surface area contributed by atoms with E-state index in [0.29, 0.717) is 18.0 Å². The smallest absolute Gasteiger partial charge is 0.330 e. The number of anilines is 2. The summed E-state index contributed by atoms with van der Waals surface area (Å²) in [6.45, 7) is 4.27. The van der Waals surface area contributed by atoms with E-state index in [0.717, 1.165) is 16.9 Å². The maximum atomic E-state index is 13.6. The number of hydrogen-bond donors (Lipinski definition) is 2. The first-order valence-electron chi connectivity index (χ1n) is 10.7. The lowest BCUT2D eigenvalue weighted by atomic mass is 10.2. The highest BCUT2D eigenvalue weighted by molar-refractivity contribution is 8.00. The summed E-state index contributed by atoms with van der Waals surface area (Å²) in [7, 11) is 0. The molecule has 0 aliphatic rings. The van der Waals surface area contributed by atoms with Crippen molar-refractivity contribution in [3.05, 3.63) is 86.0 Å². The summed E-state index contributed by atoms with van der Waals surface area (Å²) < 4.78 is 1.32. The van der Waals surface area contributed by atoms with Crippen molar-refractivity contribution < 1.29 is 4.79 Å². The average Bonchev–Trinajstić information content (AvgIpc) is 2.79. The Morgan fingerprint density at radius 3 is 2.45 bits per heavy atom. The van der Waals surface area contributed by atoms with E-state index < -0.39 is 16.5 Å². The van der Waals surface area contributed by atoms with Gasteiger partial charge in [-0.05, 0) is 43.2 Å². The second kappa shape index (κ2) is 11.2. The Hall–Kier alpha value is -2.97. The Balaban J connectivity index is 2.03. The van der Waals surface area contributed by atoms with E-state index >= 15 is 0 Å². The highest BCUT2D eigenvalue weighted by Crippen LogP contribution is 2.29. The number of nitrogens with one attached hydrogen (secondary N) is 1. The van der Waals surface area contributed by atoms with Gasteiger partial charge in [-0.3, -0.25) is 24.0 Å². The third kappa shape index (κ3) is 6.09. The zero-order valence-electron chi connectivity index (χ0n) is 18.6. The van der Waals surface area contributed by atoms with Crippen LogP contribution in [0, 0.1) is 0 Å². The van der Waals surface area contributed by atoms with Crippen LogP contribution < -0.4 is 21.9 Å². The van der Waals surface area contributed by atoms with Crippen LogP contribution in [0.4, 0.5) is 11.5 Å². The topological polar surface area (TPSA) is 101 Å². The fourth-order valence-electron chi connectivity index (χ4n) is 3.40. The molecule has 1 unspecified atom stereocenters. The second-order valence-electron chi connectivity index (χ2n) is 7.62. The maximum absolute atomic E-state index is 13.6. The van der Waals surface area contributed by atoms with Crippen LogP contribution in [-0.4, -0.2) is 20.7 Å². The van der Waals surface area contributed by atoms with Gasteiger partial charge < -0.3 is 5.73 Å². The van der Waals surface area contributed by atoms with E-state index in [1.54, 1.807) is 19.1 Å². The number of carbonyl (C=O) groups is 1. The number of rotatable bonds is 9. The van der Waals surface area contributed by atoms with Crippen molar-refractivity contribution in [1.82, 2.24) is 9.55 Å². The van der Waals surface area contributed by atoms with Crippen molar-refractivity contribution in [2.75, 3.05) is 10.6 Å². The first kappa shape index (κ1) is 24.7. The van der Waals surface area contributed by atoms with Crippen LogP contribution in [0.15, 0.2) is 69.1 Å². The molecule has 3 aromatic rings. The predicted molar refractivity (Wildman–Crippen MR) is 135 cm³/mol. The van der Waals surface area contributed by atoms with Crippen molar-refractivity contribution >= 4 is 40.8 Å². The fourth-order valence-corrected chi connectivity index (χ4v) is 4.45. The first-order chi connectivity index (χ1) is 15.8. The standard InChI is InChI=1S/C24H27ClN4O3S/c1-3-4-14-28-21(26)20(22(30)27-24(28)32)29(15-17-8-6-5-7-9-17)23(31)16(2)33-19-12-10-18(25)11-13-19/h5-13,16H,3-4,14-15,26H2,1-2H3,(H,27,30,32). The Bertz CT molecular complexity index is 1210. The van der Waals surface area contributed by atoms with Gasteiger partial charge in [0.25, 0.3) is 5.56 Å². The molecule has 7 nitrogen and oxygen atoms in total. The summed E-state index contributed by atoms with van der Waals surface area (Å²) in [5.41, 5.74) is 5.88. The van der Waals surface area contributed by atoms with Gasteiger partial charge in [-0.2, -0.15) is 0 Å². The van der Waals surface area contributed by atoms with Gasteiger partial charge in [-0.25, -0.2) is 4.79 Å². The zero-order chi connectivity index (χ0) is 24.0. The lowest BCUT2D eigenvalue weighted by molar-refractivity contribution is -0.118. The Kier molecular flexibility index (Phi) is 8.41. The van der Waals surface area contributed by atoms with Crippen molar-refractivity contribution in [1.29, 1.82) is 0 Å². The van der Waals surface area contributed by atoms with E-state index in [9.17, 15) is 14.4 Å². The van der Waals surface area contributed by atoms with Crippen molar-refractivity contribution in [3.63, 3.8) is 0 Å². The lowest BCUT2D eigenvalue weighted by Gasteiger charge is -2.27. The third-order valence-corrected chi connectivity index (χ3v) is 6.49. The number of aromatic nitrogens is 2. The van der Waals surface area contributed by atoms with Crippen LogP contribution in [0.5, 0.6) is 0 Å². The molecule has 1 aromatic heterocycles. The number of thioether (sulfide) groups is 1.